The maximum atomic E-state index is 12.1. The fourth-order valence-corrected chi connectivity index (χ4v) is 4.33. The quantitative estimate of drug-likeness (QED) is 0.296. The molecule has 33 heavy (non-hydrogen) atoms. The lowest BCUT2D eigenvalue weighted by Gasteiger charge is -2.13. The van der Waals surface area contributed by atoms with Gasteiger partial charge in [-0.15, -0.1) is 0 Å². The molecule has 0 saturated heterocycles. The Bertz CT molecular complexity index is 781. The molecule has 190 valence electrons. The summed E-state index contributed by atoms with van der Waals surface area (Å²) >= 11 is 0. The molecule has 1 aromatic rings. The Morgan fingerprint density at radius 2 is 1.76 bits per heavy atom. The van der Waals surface area contributed by atoms with E-state index in [1.165, 1.54) is 5.56 Å². The molecule has 0 aliphatic heterocycles. The third-order valence-electron chi connectivity index (χ3n) is 5.65. The van der Waals surface area contributed by atoms with Gasteiger partial charge in [-0.25, -0.2) is 8.42 Å². The molecule has 0 aliphatic rings. The molecular weight excluding hydrogens is 442 g/mol. The first kappa shape index (κ1) is 29.2. The smallest absolute Gasteiger partial charge is 0.222 e. The number of hydrogen-bond acceptors (Lipinski definition) is 6. The SMILES string of the molecule is CCS(=O)(=O)CCCNC(=O)[C@H](C)CCCCCCc1ccc(OC)c(OCCCOC)c1. The highest BCUT2D eigenvalue weighted by atomic mass is 32.2. The largest absolute Gasteiger partial charge is 0.493 e. The summed E-state index contributed by atoms with van der Waals surface area (Å²) in [7, 11) is 0.368. The maximum Gasteiger partial charge on any atom is 0.222 e. The van der Waals surface area contributed by atoms with Crippen LogP contribution in [0.25, 0.3) is 0 Å². The van der Waals surface area contributed by atoms with Gasteiger partial charge < -0.3 is 19.5 Å². The molecule has 1 N–H and O–H groups in total. The van der Waals surface area contributed by atoms with Crippen LogP contribution in [0.1, 0.15) is 64.4 Å². The van der Waals surface area contributed by atoms with Crippen molar-refractivity contribution in [3.63, 3.8) is 0 Å². The summed E-state index contributed by atoms with van der Waals surface area (Å²) in [5.41, 5.74) is 1.23. The van der Waals surface area contributed by atoms with Crippen molar-refractivity contribution in [1.29, 1.82) is 0 Å². The van der Waals surface area contributed by atoms with Gasteiger partial charge >= 0.3 is 0 Å². The predicted octanol–water partition coefficient (Wildman–Crippen LogP) is 4.18. The molecule has 0 fully saturated rings. The van der Waals surface area contributed by atoms with E-state index in [-0.39, 0.29) is 23.3 Å². The van der Waals surface area contributed by atoms with Crippen molar-refractivity contribution in [2.24, 2.45) is 5.92 Å². The number of unbranched alkanes of at least 4 members (excludes halogenated alkanes) is 3. The van der Waals surface area contributed by atoms with Crippen LogP contribution < -0.4 is 14.8 Å². The lowest BCUT2D eigenvalue weighted by molar-refractivity contribution is -0.124. The van der Waals surface area contributed by atoms with Gasteiger partial charge in [0.2, 0.25) is 5.91 Å². The number of aryl methyl sites for hydroxylation is 1. The molecule has 0 saturated carbocycles. The van der Waals surface area contributed by atoms with Gasteiger partial charge in [0.25, 0.3) is 0 Å². The van der Waals surface area contributed by atoms with Gasteiger partial charge in [0, 0.05) is 38.4 Å². The third kappa shape index (κ3) is 12.9. The van der Waals surface area contributed by atoms with Crippen molar-refractivity contribution in [1.82, 2.24) is 5.32 Å². The topological polar surface area (TPSA) is 90.9 Å². The zero-order valence-electron chi connectivity index (χ0n) is 20.9. The maximum absolute atomic E-state index is 12.1. The second-order valence-corrected chi connectivity index (χ2v) is 10.9. The van der Waals surface area contributed by atoms with Crippen LogP contribution in [0.2, 0.25) is 0 Å². The van der Waals surface area contributed by atoms with Crippen LogP contribution in [-0.2, 0) is 25.8 Å². The summed E-state index contributed by atoms with van der Waals surface area (Å²) < 4.78 is 39.3. The summed E-state index contributed by atoms with van der Waals surface area (Å²) in [6, 6.07) is 6.10. The van der Waals surface area contributed by atoms with E-state index in [2.05, 4.69) is 17.4 Å². The average Bonchev–Trinajstić information content (AvgIpc) is 2.81. The second kappa shape index (κ2) is 16.8. The van der Waals surface area contributed by atoms with E-state index in [0.717, 1.165) is 56.4 Å². The zero-order valence-corrected chi connectivity index (χ0v) is 21.7. The predicted molar refractivity (Wildman–Crippen MR) is 133 cm³/mol. The summed E-state index contributed by atoms with van der Waals surface area (Å²) in [6.07, 6.45) is 7.43. The summed E-state index contributed by atoms with van der Waals surface area (Å²) in [5, 5.41) is 2.86. The zero-order chi connectivity index (χ0) is 24.5. The minimum absolute atomic E-state index is 0.0140. The minimum atomic E-state index is -2.96. The number of hydrogen-bond donors (Lipinski definition) is 1. The molecule has 0 heterocycles. The number of nitrogens with one attached hydrogen (secondary N) is 1. The Morgan fingerprint density at radius 3 is 2.45 bits per heavy atom. The van der Waals surface area contributed by atoms with Gasteiger partial charge in [0.1, 0.15) is 9.84 Å². The Balaban J connectivity index is 2.22. The van der Waals surface area contributed by atoms with Crippen molar-refractivity contribution in [2.45, 2.75) is 65.2 Å². The van der Waals surface area contributed by atoms with Crippen LogP contribution in [0.4, 0.5) is 0 Å². The van der Waals surface area contributed by atoms with Crippen LogP contribution in [0, 0.1) is 5.92 Å². The lowest BCUT2D eigenvalue weighted by Crippen LogP contribution is -2.31. The molecule has 0 aromatic heterocycles. The number of ether oxygens (including phenoxy) is 3. The van der Waals surface area contributed by atoms with Gasteiger partial charge in [0.05, 0.1) is 19.5 Å². The average molecular weight is 486 g/mol. The van der Waals surface area contributed by atoms with Gasteiger partial charge in [-0.05, 0) is 43.4 Å². The fraction of sp³-hybridized carbons (Fsp3) is 0.720. The summed E-state index contributed by atoms with van der Waals surface area (Å²) in [4.78, 5) is 12.1. The number of carbonyl (C=O) groups excluding carboxylic acids is 1. The first-order valence-corrected chi connectivity index (χ1v) is 13.9. The summed E-state index contributed by atoms with van der Waals surface area (Å²) in [5.74, 6) is 1.77. The Morgan fingerprint density at radius 1 is 1.00 bits per heavy atom. The van der Waals surface area contributed by atoms with E-state index in [4.69, 9.17) is 14.2 Å². The molecule has 1 rings (SSSR count). The fourth-order valence-electron chi connectivity index (χ4n) is 3.46. The molecule has 0 radical (unpaired) electrons. The van der Waals surface area contributed by atoms with Crippen molar-refractivity contribution < 1.29 is 27.4 Å². The monoisotopic (exact) mass is 485 g/mol. The van der Waals surface area contributed by atoms with E-state index in [1.54, 1.807) is 21.1 Å². The first-order chi connectivity index (χ1) is 15.8. The number of amides is 1. The highest BCUT2D eigenvalue weighted by Crippen LogP contribution is 2.29. The highest BCUT2D eigenvalue weighted by molar-refractivity contribution is 7.91. The van der Waals surface area contributed by atoms with Gasteiger partial charge in [-0.1, -0.05) is 39.2 Å². The van der Waals surface area contributed by atoms with Crippen LogP contribution in [-0.4, -0.2) is 59.8 Å². The van der Waals surface area contributed by atoms with Crippen LogP contribution in [0.15, 0.2) is 18.2 Å². The summed E-state index contributed by atoms with van der Waals surface area (Å²) in [6.45, 7) is 5.26. The molecule has 1 atom stereocenters. The van der Waals surface area contributed by atoms with Crippen molar-refractivity contribution in [3.8, 4) is 11.5 Å². The lowest BCUT2D eigenvalue weighted by atomic mass is 10.00. The van der Waals surface area contributed by atoms with E-state index < -0.39 is 9.84 Å². The van der Waals surface area contributed by atoms with Gasteiger partial charge in [-0.3, -0.25) is 4.79 Å². The Hall–Kier alpha value is -1.80. The molecule has 8 heteroatoms. The van der Waals surface area contributed by atoms with Gasteiger partial charge in [0.15, 0.2) is 11.5 Å². The van der Waals surface area contributed by atoms with Gasteiger partial charge in [-0.2, -0.15) is 0 Å². The number of methoxy groups -OCH3 is 2. The first-order valence-electron chi connectivity index (χ1n) is 12.1. The van der Waals surface area contributed by atoms with Crippen LogP contribution in [0.5, 0.6) is 11.5 Å². The molecule has 0 spiro atoms. The number of sulfone groups is 1. The van der Waals surface area contributed by atoms with Crippen molar-refractivity contribution >= 4 is 15.7 Å². The molecule has 1 amide bonds. The number of benzene rings is 1. The molecule has 0 aliphatic carbocycles. The highest BCUT2D eigenvalue weighted by Gasteiger charge is 2.13. The van der Waals surface area contributed by atoms with E-state index >= 15 is 0 Å². The number of rotatable bonds is 19. The van der Waals surface area contributed by atoms with Crippen molar-refractivity contribution in [3.05, 3.63) is 23.8 Å². The standard InChI is InChI=1S/C25H43NO6S/c1-5-33(28,29)19-10-16-26-25(27)21(2)12-8-6-7-9-13-22-14-15-23(31-4)24(20-22)32-18-11-17-30-3/h14-15,20-21H,5-13,16-19H2,1-4H3,(H,26,27)/t21-/m1/s1. The molecule has 7 nitrogen and oxygen atoms in total. The molecule has 0 bridgehead atoms. The molecule has 0 unspecified atom stereocenters. The van der Waals surface area contributed by atoms with Crippen LogP contribution in [0.3, 0.4) is 0 Å². The molecular formula is C25H43NO6S. The van der Waals surface area contributed by atoms with E-state index in [0.29, 0.717) is 26.2 Å². The Labute approximate surface area is 200 Å². The van der Waals surface area contributed by atoms with Crippen molar-refractivity contribution in [2.75, 3.05) is 45.5 Å². The van der Waals surface area contributed by atoms with E-state index in [9.17, 15) is 13.2 Å². The Kier molecular flexibility index (Phi) is 14.8. The minimum Gasteiger partial charge on any atom is -0.493 e. The molecule has 1 aromatic carbocycles. The third-order valence-corrected chi connectivity index (χ3v) is 7.44. The second-order valence-electron chi connectivity index (χ2n) is 8.41. The van der Waals surface area contributed by atoms with Crippen LogP contribution >= 0.6 is 0 Å². The van der Waals surface area contributed by atoms with E-state index in [1.807, 2.05) is 13.0 Å². The normalized spacial score (nSPS) is 12.4. The number of carbonyl (C=O) groups is 1.